The third kappa shape index (κ3) is 2.97. The normalized spacial score (nSPS) is 20.9. The fourth-order valence-electron chi connectivity index (χ4n) is 2.61. The van der Waals surface area contributed by atoms with Crippen molar-refractivity contribution in [1.82, 2.24) is 14.9 Å². The van der Waals surface area contributed by atoms with Crippen molar-refractivity contribution in [3.05, 3.63) is 17.6 Å². The van der Waals surface area contributed by atoms with Crippen molar-refractivity contribution >= 4 is 5.82 Å². The number of rotatable bonds is 4. The van der Waals surface area contributed by atoms with Crippen LogP contribution in [-0.4, -0.2) is 46.7 Å². The molecule has 2 heterocycles. The molecule has 1 aromatic heterocycles. The summed E-state index contributed by atoms with van der Waals surface area (Å²) >= 11 is 0. The summed E-state index contributed by atoms with van der Waals surface area (Å²) < 4.78 is 0. The first-order valence-corrected chi connectivity index (χ1v) is 6.63. The number of aromatic nitrogens is 2. The number of anilines is 1. The molecule has 0 radical (unpaired) electrons. The Morgan fingerprint density at radius 1 is 1.44 bits per heavy atom. The van der Waals surface area contributed by atoms with Crippen molar-refractivity contribution in [2.45, 2.75) is 32.2 Å². The molecule has 2 rings (SSSR count). The predicted molar refractivity (Wildman–Crippen MR) is 71.6 cm³/mol. The van der Waals surface area contributed by atoms with Gasteiger partial charge in [-0.1, -0.05) is 6.42 Å². The topological polar surface area (TPSA) is 61.3 Å². The first-order valence-electron chi connectivity index (χ1n) is 6.63. The molecule has 0 spiro atoms. The lowest BCUT2D eigenvalue weighted by atomic mass is 9.99. The minimum atomic E-state index is 0.208. The second-order valence-corrected chi connectivity index (χ2v) is 4.75. The van der Waals surface area contributed by atoms with E-state index in [-0.39, 0.29) is 6.61 Å². The van der Waals surface area contributed by atoms with Crippen LogP contribution in [0.5, 0.6) is 0 Å². The molecule has 1 aliphatic rings. The number of piperidine rings is 1. The smallest absolute Gasteiger partial charge is 0.129 e. The number of hydrogen-bond donors (Lipinski definition) is 2. The Balaban J connectivity index is 2.24. The Kier molecular flexibility index (Phi) is 4.49. The van der Waals surface area contributed by atoms with E-state index in [9.17, 15) is 0 Å². The van der Waals surface area contributed by atoms with E-state index in [1.165, 1.54) is 12.8 Å². The summed E-state index contributed by atoms with van der Waals surface area (Å²) in [6.45, 7) is 3.90. The highest BCUT2D eigenvalue weighted by Crippen LogP contribution is 2.30. The monoisotopic (exact) mass is 250 g/mol. The van der Waals surface area contributed by atoms with Crippen molar-refractivity contribution in [3.8, 4) is 0 Å². The predicted octanol–water partition coefficient (Wildman–Crippen LogP) is 1.35. The van der Waals surface area contributed by atoms with Crippen LogP contribution in [-0.2, 0) is 0 Å². The fourth-order valence-corrected chi connectivity index (χ4v) is 2.61. The summed E-state index contributed by atoms with van der Waals surface area (Å²) in [4.78, 5) is 11.2. The van der Waals surface area contributed by atoms with Gasteiger partial charge in [0.1, 0.15) is 11.6 Å². The number of aliphatic hydroxyl groups excluding tert-OH is 1. The number of hydrogen-bond acceptors (Lipinski definition) is 5. The number of β-amino-alcohol motifs (C(OH)–C–C–N with tert-alkyl or cyclic N) is 1. The Morgan fingerprint density at radius 2 is 2.28 bits per heavy atom. The molecule has 5 heteroatoms. The van der Waals surface area contributed by atoms with Gasteiger partial charge in [-0.05, 0) is 26.3 Å². The number of aliphatic hydroxyl groups is 1. The maximum absolute atomic E-state index is 9.15. The zero-order valence-electron chi connectivity index (χ0n) is 11.2. The van der Waals surface area contributed by atoms with Crippen LogP contribution in [0.2, 0.25) is 0 Å². The SMILES string of the molecule is CNc1cc([C@H]2CCCCN2CCO)nc(C)n1. The lowest BCUT2D eigenvalue weighted by Gasteiger charge is -2.35. The molecule has 0 bridgehead atoms. The fraction of sp³-hybridized carbons (Fsp3) is 0.692. The second-order valence-electron chi connectivity index (χ2n) is 4.75. The highest BCUT2D eigenvalue weighted by Gasteiger charge is 2.25. The minimum absolute atomic E-state index is 0.208. The van der Waals surface area contributed by atoms with Crippen LogP contribution in [0.4, 0.5) is 5.82 Å². The second kappa shape index (κ2) is 6.11. The van der Waals surface area contributed by atoms with E-state index in [0.29, 0.717) is 6.04 Å². The summed E-state index contributed by atoms with van der Waals surface area (Å²) in [6.07, 6.45) is 3.55. The summed E-state index contributed by atoms with van der Waals surface area (Å²) in [5.41, 5.74) is 1.07. The van der Waals surface area contributed by atoms with Gasteiger partial charge in [0.15, 0.2) is 0 Å². The van der Waals surface area contributed by atoms with E-state index in [4.69, 9.17) is 5.11 Å². The molecule has 100 valence electrons. The van der Waals surface area contributed by atoms with Crippen LogP contribution >= 0.6 is 0 Å². The maximum Gasteiger partial charge on any atom is 0.129 e. The van der Waals surface area contributed by atoms with Crippen LogP contribution in [0, 0.1) is 6.92 Å². The van der Waals surface area contributed by atoms with Crippen LogP contribution in [0.3, 0.4) is 0 Å². The van der Waals surface area contributed by atoms with Crippen LogP contribution < -0.4 is 5.32 Å². The molecule has 18 heavy (non-hydrogen) atoms. The number of nitrogens with zero attached hydrogens (tertiary/aromatic N) is 3. The van der Waals surface area contributed by atoms with Gasteiger partial charge >= 0.3 is 0 Å². The van der Waals surface area contributed by atoms with Crippen LogP contribution in [0.15, 0.2) is 6.07 Å². The van der Waals surface area contributed by atoms with Crippen molar-refractivity contribution in [3.63, 3.8) is 0 Å². The molecule has 1 saturated heterocycles. The van der Waals surface area contributed by atoms with Gasteiger partial charge in [-0.25, -0.2) is 9.97 Å². The molecule has 1 fully saturated rings. The number of likely N-dealkylation sites (tertiary alicyclic amines) is 1. The number of nitrogens with one attached hydrogen (secondary N) is 1. The van der Waals surface area contributed by atoms with Gasteiger partial charge < -0.3 is 10.4 Å². The van der Waals surface area contributed by atoms with E-state index < -0.39 is 0 Å². The summed E-state index contributed by atoms with van der Waals surface area (Å²) in [7, 11) is 1.87. The molecule has 1 atom stereocenters. The zero-order chi connectivity index (χ0) is 13.0. The summed E-state index contributed by atoms with van der Waals surface area (Å²) in [6, 6.07) is 2.34. The zero-order valence-corrected chi connectivity index (χ0v) is 11.2. The molecule has 0 amide bonds. The maximum atomic E-state index is 9.15. The Labute approximate surface area is 108 Å². The molecule has 1 aromatic rings. The van der Waals surface area contributed by atoms with Crippen molar-refractivity contribution < 1.29 is 5.11 Å². The molecular formula is C13H22N4O. The third-order valence-corrected chi connectivity index (χ3v) is 3.46. The van der Waals surface area contributed by atoms with Crippen LogP contribution in [0.25, 0.3) is 0 Å². The van der Waals surface area contributed by atoms with Gasteiger partial charge in [0.2, 0.25) is 0 Å². The molecule has 1 aliphatic heterocycles. The lowest BCUT2D eigenvalue weighted by Crippen LogP contribution is -2.36. The van der Waals surface area contributed by atoms with Gasteiger partial charge in [0.05, 0.1) is 18.3 Å². The Morgan fingerprint density at radius 3 is 3.00 bits per heavy atom. The third-order valence-electron chi connectivity index (χ3n) is 3.46. The Bertz CT molecular complexity index is 395. The summed E-state index contributed by atoms with van der Waals surface area (Å²) in [5, 5.41) is 12.2. The molecule has 0 unspecified atom stereocenters. The van der Waals surface area contributed by atoms with E-state index >= 15 is 0 Å². The van der Waals surface area contributed by atoms with Crippen molar-refractivity contribution in [2.75, 3.05) is 32.1 Å². The van der Waals surface area contributed by atoms with Gasteiger partial charge in [0, 0.05) is 19.7 Å². The molecule has 5 nitrogen and oxygen atoms in total. The highest BCUT2D eigenvalue weighted by atomic mass is 16.3. The van der Waals surface area contributed by atoms with Gasteiger partial charge in [-0.3, -0.25) is 4.90 Å². The average Bonchev–Trinajstić information content (AvgIpc) is 2.39. The van der Waals surface area contributed by atoms with E-state index in [1.807, 2.05) is 20.0 Å². The molecule has 0 aliphatic carbocycles. The minimum Gasteiger partial charge on any atom is -0.395 e. The lowest BCUT2D eigenvalue weighted by molar-refractivity contribution is 0.114. The first kappa shape index (κ1) is 13.2. The van der Waals surface area contributed by atoms with Crippen LogP contribution in [0.1, 0.15) is 36.8 Å². The Hall–Kier alpha value is -1.20. The number of aryl methyl sites for hydroxylation is 1. The van der Waals surface area contributed by atoms with Gasteiger partial charge in [-0.2, -0.15) is 0 Å². The molecule has 0 saturated carbocycles. The molecule has 0 aromatic carbocycles. The van der Waals surface area contributed by atoms with Gasteiger partial charge in [-0.15, -0.1) is 0 Å². The largest absolute Gasteiger partial charge is 0.395 e. The first-order chi connectivity index (χ1) is 8.74. The van der Waals surface area contributed by atoms with Crippen molar-refractivity contribution in [1.29, 1.82) is 0 Å². The van der Waals surface area contributed by atoms with E-state index in [1.54, 1.807) is 0 Å². The quantitative estimate of drug-likeness (QED) is 0.844. The van der Waals surface area contributed by atoms with Crippen molar-refractivity contribution in [2.24, 2.45) is 0 Å². The van der Waals surface area contributed by atoms with Gasteiger partial charge in [0.25, 0.3) is 0 Å². The average molecular weight is 250 g/mol. The van der Waals surface area contributed by atoms with E-state index in [2.05, 4.69) is 20.2 Å². The molecule has 2 N–H and O–H groups in total. The molecular weight excluding hydrogens is 228 g/mol. The van der Waals surface area contributed by atoms with E-state index in [0.717, 1.165) is 36.8 Å². The standard InChI is InChI=1S/C13H22N4O/c1-10-15-11(9-13(14-2)16-10)12-5-3-4-6-17(12)7-8-18/h9,12,18H,3-8H2,1-2H3,(H,14,15,16)/t12-/m1/s1. The summed E-state index contributed by atoms with van der Waals surface area (Å²) in [5.74, 6) is 1.67. The highest BCUT2D eigenvalue weighted by molar-refractivity contribution is 5.36.